The molecule has 0 aliphatic rings. The van der Waals surface area contributed by atoms with E-state index in [9.17, 15) is 14.4 Å². The van der Waals surface area contributed by atoms with Gasteiger partial charge in [0.15, 0.2) is 0 Å². The van der Waals surface area contributed by atoms with Gasteiger partial charge in [0.2, 0.25) is 0 Å². The summed E-state index contributed by atoms with van der Waals surface area (Å²) in [5.41, 5.74) is -2.41. The van der Waals surface area contributed by atoms with Crippen LogP contribution in [0.2, 0.25) is 0 Å². The molecule has 0 spiro atoms. The van der Waals surface area contributed by atoms with Crippen molar-refractivity contribution in [1.82, 2.24) is 15.0 Å². The Morgan fingerprint density at radius 1 is 0.700 bits per heavy atom. The summed E-state index contributed by atoms with van der Waals surface area (Å²) in [6.45, 7) is 0. The van der Waals surface area contributed by atoms with Crippen LogP contribution in [0, 0.1) is 0 Å². The average molecular weight is 137 g/mol. The van der Waals surface area contributed by atoms with Crippen molar-refractivity contribution in [3.05, 3.63) is 31.5 Å². The molecule has 0 saturated carbocycles. The molecule has 10 heavy (non-hydrogen) atoms. The topological polar surface area (TPSA) is 98.6 Å². The summed E-state index contributed by atoms with van der Waals surface area (Å²) in [6.07, 6.45) is 0. The first-order valence-electron chi connectivity index (χ1n) is 2.11. The summed E-state index contributed by atoms with van der Waals surface area (Å²) >= 11 is 0. The molecule has 6 nitrogen and oxygen atoms in total. The predicted molar refractivity (Wildman–Crippen MR) is 35.5 cm³/mol. The molecule has 0 unspecified atom stereocenters. The fourth-order valence-electron chi connectivity index (χ4n) is 0.403. The minimum absolute atomic E-state index is 0. The fraction of sp³-hybridized carbons (Fsp3) is 0. The molecule has 1 rings (SSSR count). The Kier molecular flexibility index (Phi) is 2.92. The molecule has 0 amide bonds. The summed E-state index contributed by atoms with van der Waals surface area (Å²) in [6, 6.07) is 0. The number of nitrogens with one attached hydrogen (secondary N) is 3. The number of hydrogen-bond donors (Lipinski definition) is 3. The van der Waals surface area contributed by atoms with Gasteiger partial charge in [-0.15, -0.1) is 0 Å². The molecular weight excluding hydrogens is 133 g/mol. The van der Waals surface area contributed by atoms with Gasteiger partial charge in [-0.2, -0.15) is 0 Å². The SMILES string of the molecule is O=c1[nH]c(=O)[nH]c(=O)[nH]1.[LiH]. The van der Waals surface area contributed by atoms with Gasteiger partial charge >= 0.3 is 35.9 Å². The van der Waals surface area contributed by atoms with Crippen LogP contribution in [0.15, 0.2) is 14.4 Å². The van der Waals surface area contributed by atoms with Crippen molar-refractivity contribution in [3.63, 3.8) is 0 Å². The maximum absolute atomic E-state index is 10.2. The molecule has 50 valence electrons. The second-order valence-electron chi connectivity index (χ2n) is 1.36. The van der Waals surface area contributed by atoms with Gasteiger partial charge in [0, 0.05) is 0 Å². The van der Waals surface area contributed by atoms with Gasteiger partial charge in [0.05, 0.1) is 0 Å². The normalized spacial score (nSPS) is 8.40. The Hall–Kier alpha value is -0.993. The predicted octanol–water partition coefficient (Wildman–Crippen LogP) is -2.90. The monoisotopic (exact) mass is 137 g/mol. The zero-order valence-corrected chi connectivity index (χ0v) is 4.22. The van der Waals surface area contributed by atoms with Crippen molar-refractivity contribution in [2.24, 2.45) is 0 Å². The molecule has 1 heterocycles. The van der Waals surface area contributed by atoms with E-state index in [0.29, 0.717) is 0 Å². The van der Waals surface area contributed by atoms with E-state index in [1.54, 1.807) is 15.0 Å². The Balaban J connectivity index is 0.000000810. The van der Waals surface area contributed by atoms with Gasteiger partial charge < -0.3 is 0 Å². The van der Waals surface area contributed by atoms with E-state index >= 15 is 0 Å². The van der Waals surface area contributed by atoms with Crippen molar-refractivity contribution in [2.45, 2.75) is 0 Å². The van der Waals surface area contributed by atoms with E-state index in [1.165, 1.54) is 0 Å². The number of hydrogen-bond acceptors (Lipinski definition) is 3. The number of rotatable bonds is 0. The van der Waals surface area contributed by atoms with E-state index in [4.69, 9.17) is 0 Å². The molecule has 0 atom stereocenters. The summed E-state index contributed by atoms with van der Waals surface area (Å²) in [5.74, 6) is 0. The molecular formula is C3H4LiN3O3. The van der Waals surface area contributed by atoms with E-state index in [0.717, 1.165) is 0 Å². The van der Waals surface area contributed by atoms with E-state index in [1.807, 2.05) is 0 Å². The third-order valence-corrected chi connectivity index (χ3v) is 0.681. The van der Waals surface area contributed by atoms with Crippen LogP contribution in [-0.4, -0.2) is 33.8 Å². The molecule has 1 aromatic heterocycles. The van der Waals surface area contributed by atoms with Crippen LogP contribution in [0.4, 0.5) is 0 Å². The Morgan fingerprint density at radius 3 is 1.10 bits per heavy atom. The number of aromatic amines is 3. The summed E-state index contributed by atoms with van der Waals surface area (Å²) in [4.78, 5) is 35.9. The second kappa shape index (κ2) is 3.25. The third kappa shape index (κ3) is 2.09. The van der Waals surface area contributed by atoms with Crippen molar-refractivity contribution < 1.29 is 0 Å². The Labute approximate surface area is 65.9 Å². The zero-order valence-electron chi connectivity index (χ0n) is 4.22. The van der Waals surface area contributed by atoms with E-state index in [2.05, 4.69) is 0 Å². The van der Waals surface area contributed by atoms with Gasteiger partial charge in [0.25, 0.3) is 0 Å². The zero-order chi connectivity index (χ0) is 6.85. The molecule has 0 bridgehead atoms. The van der Waals surface area contributed by atoms with Gasteiger partial charge in [-0.05, 0) is 0 Å². The van der Waals surface area contributed by atoms with Crippen molar-refractivity contribution in [3.8, 4) is 0 Å². The minimum atomic E-state index is -0.802. The Morgan fingerprint density at radius 2 is 0.900 bits per heavy atom. The van der Waals surface area contributed by atoms with Crippen molar-refractivity contribution in [1.29, 1.82) is 0 Å². The molecule has 0 fully saturated rings. The van der Waals surface area contributed by atoms with Crippen molar-refractivity contribution >= 4 is 18.9 Å². The molecule has 0 aliphatic carbocycles. The second-order valence-corrected chi connectivity index (χ2v) is 1.36. The molecule has 1 aromatic rings. The Bertz CT molecular complexity index is 281. The van der Waals surface area contributed by atoms with Crippen LogP contribution in [0.1, 0.15) is 0 Å². The first kappa shape index (κ1) is 9.01. The third-order valence-electron chi connectivity index (χ3n) is 0.681. The number of aromatic nitrogens is 3. The van der Waals surface area contributed by atoms with Gasteiger partial charge in [-0.25, -0.2) is 14.4 Å². The molecule has 0 saturated heterocycles. The first-order chi connectivity index (χ1) is 4.18. The molecule has 0 aromatic carbocycles. The maximum atomic E-state index is 10.2. The van der Waals surface area contributed by atoms with E-state index < -0.39 is 17.1 Å². The van der Waals surface area contributed by atoms with Gasteiger partial charge in [-0.1, -0.05) is 0 Å². The van der Waals surface area contributed by atoms with Crippen LogP contribution in [0.25, 0.3) is 0 Å². The van der Waals surface area contributed by atoms with Crippen molar-refractivity contribution in [2.75, 3.05) is 0 Å². The fourth-order valence-corrected chi connectivity index (χ4v) is 0.403. The van der Waals surface area contributed by atoms with Crippen LogP contribution < -0.4 is 17.1 Å². The van der Waals surface area contributed by atoms with Crippen LogP contribution in [0.3, 0.4) is 0 Å². The van der Waals surface area contributed by atoms with Crippen LogP contribution >= 0.6 is 0 Å². The number of H-pyrrole nitrogens is 3. The van der Waals surface area contributed by atoms with Crippen LogP contribution in [-0.2, 0) is 0 Å². The molecule has 0 radical (unpaired) electrons. The summed E-state index contributed by atoms with van der Waals surface area (Å²) in [5, 5.41) is 0. The van der Waals surface area contributed by atoms with Crippen LogP contribution in [0.5, 0.6) is 0 Å². The molecule has 3 N–H and O–H groups in total. The molecule has 7 heteroatoms. The van der Waals surface area contributed by atoms with E-state index in [-0.39, 0.29) is 18.9 Å². The summed E-state index contributed by atoms with van der Waals surface area (Å²) < 4.78 is 0. The molecule has 0 aliphatic heterocycles. The quantitative estimate of drug-likeness (QED) is 0.334. The van der Waals surface area contributed by atoms with Gasteiger partial charge in [-0.3, -0.25) is 15.0 Å². The average Bonchev–Trinajstić information content (AvgIpc) is 1.59. The standard InChI is InChI=1S/C3H3N3O3.Li.H/c7-1-4-2(8)6-3(9)5-1;;/h(H3,4,5,6,7,8,9);;. The van der Waals surface area contributed by atoms with Gasteiger partial charge in [0.1, 0.15) is 0 Å². The first-order valence-corrected chi connectivity index (χ1v) is 2.11. The summed E-state index contributed by atoms with van der Waals surface area (Å²) in [7, 11) is 0.